The highest BCUT2D eigenvalue weighted by Crippen LogP contribution is 2.28. The molecule has 6 nitrogen and oxygen atoms in total. The smallest absolute Gasteiger partial charge is 0.265 e. The summed E-state index contributed by atoms with van der Waals surface area (Å²) in [5.74, 6) is 0.237. The van der Waals surface area contributed by atoms with Gasteiger partial charge in [-0.3, -0.25) is 4.79 Å². The topological polar surface area (TPSA) is 74.5 Å². The third-order valence-corrected chi connectivity index (χ3v) is 4.85. The minimum absolute atomic E-state index is 0.105. The molecule has 1 aliphatic heterocycles. The van der Waals surface area contributed by atoms with Crippen molar-refractivity contribution in [3.63, 3.8) is 0 Å². The number of nitrogens with zero attached hydrogens (tertiary/aromatic N) is 3. The van der Waals surface area contributed by atoms with Crippen LogP contribution in [0.1, 0.15) is 36.4 Å². The van der Waals surface area contributed by atoms with Crippen LogP contribution in [0.3, 0.4) is 0 Å². The average molecular weight is 311 g/mol. The zero-order chi connectivity index (χ0) is 15.4. The molecule has 0 saturated carbocycles. The van der Waals surface area contributed by atoms with Crippen molar-refractivity contribution < 1.29 is 4.79 Å². The Balaban J connectivity index is 2.03. The number of nitrogens with two attached hydrogens (primary N) is 1. The standard InChI is InChI=1S/C14H25N5OS/c1-4-5-10(2)16-13(20)11-12(15)17-14(21-11)19-8-6-18(3)7-9-19/h10H,4-9,15H2,1-3H3,(H,16,20). The molecule has 1 saturated heterocycles. The van der Waals surface area contributed by atoms with Crippen molar-refractivity contribution in [2.45, 2.75) is 32.7 Å². The van der Waals surface area contributed by atoms with Gasteiger partial charge in [0.25, 0.3) is 5.91 Å². The van der Waals surface area contributed by atoms with Gasteiger partial charge < -0.3 is 20.9 Å². The summed E-state index contributed by atoms with van der Waals surface area (Å²) < 4.78 is 0. The molecule has 118 valence electrons. The Labute approximate surface area is 130 Å². The van der Waals surface area contributed by atoms with Crippen LogP contribution in [-0.2, 0) is 0 Å². The fraction of sp³-hybridized carbons (Fsp3) is 0.714. The van der Waals surface area contributed by atoms with Gasteiger partial charge in [0, 0.05) is 32.2 Å². The number of hydrogen-bond acceptors (Lipinski definition) is 6. The Kier molecular flexibility index (Phi) is 5.41. The molecular formula is C14H25N5OS. The minimum atomic E-state index is -0.105. The zero-order valence-electron chi connectivity index (χ0n) is 13.1. The van der Waals surface area contributed by atoms with E-state index >= 15 is 0 Å². The normalized spacial score (nSPS) is 17.8. The molecule has 2 heterocycles. The van der Waals surface area contributed by atoms with Crippen LogP contribution in [0.5, 0.6) is 0 Å². The third-order valence-electron chi connectivity index (χ3n) is 3.72. The Morgan fingerprint density at radius 2 is 2.10 bits per heavy atom. The Bertz CT molecular complexity index is 482. The molecule has 1 atom stereocenters. The first-order valence-electron chi connectivity index (χ1n) is 7.52. The SMILES string of the molecule is CCCC(C)NC(=O)c1sc(N2CCN(C)CC2)nc1N. The summed E-state index contributed by atoms with van der Waals surface area (Å²) in [6, 6.07) is 0.163. The van der Waals surface area contributed by atoms with Gasteiger partial charge in [-0.15, -0.1) is 0 Å². The quantitative estimate of drug-likeness (QED) is 0.860. The number of carbonyl (C=O) groups is 1. The molecule has 1 fully saturated rings. The number of nitrogen functional groups attached to an aromatic ring is 1. The summed E-state index contributed by atoms with van der Waals surface area (Å²) in [6.07, 6.45) is 2.02. The van der Waals surface area contributed by atoms with Crippen LogP contribution in [0, 0.1) is 0 Å². The lowest BCUT2D eigenvalue weighted by molar-refractivity contribution is 0.0943. The van der Waals surface area contributed by atoms with Crippen LogP contribution in [-0.4, -0.2) is 55.1 Å². The predicted octanol–water partition coefficient (Wildman–Crippen LogP) is 1.40. The molecule has 21 heavy (non-hydrogen) atoms. The third kappa shape index (κ3) is 4.07. The lowest BCUT2D eigenvalue weighted by atomic mass is 10.2. The van der Waals surface area contributed by atoms with Crippen LogP contribution in [0.25, 0.3) is 0 Å². The first kappa shape index (κ1) is 16.0. The van der Waals surface area contributed by atoms with E-state index < -0.39 is 0 Å². The van der Waals surface area contributed by atoms with Crippen molar-refractivity contribution in [3.05, 3.63) is 4.88 Å². The van der Waals surface area contributed by atoms with Gasteiger partial charge in [0.1, 0.15) is 10.7 Å². The number of rotatable bonds is 5. The van der Waals surface area contributed by atoms with Crippen LogP contribution >= 0.6 is 11.3 Å². The van der Waals surface area contributed by atoms with E-state index in [0.29, 0.717) is 10.7 Å². The number of carbonyl (C=O) groups excluding carboxylic acids is 1. The summed E-state index contributed by atoms with van der Waals surface area (Å²) in [5.41, 5.74) is 5.93. The Morgan fingerprint density at radius 1 is 1.43 bits per heavy atom. The molecule has 3 N–H and O–H groups in total. The number of hydrogen-bond donors (Lipinski definition) is 2. The van der Waals surface area contributed by atoms with E-state index in [1.807, 2.05) is 6.92 Å². The molecule has 0 bridgehead atoms. The molecule has 1 unspecified atom stereocenters. The molecule has 1 aliphatic rings. The lowest BCUT2D eigenvalue weighted by Crippen LogP contribution is -2.44. The minimum Gasteiger partial charge on any atom is -0.382 e. The van der Waals surface area contributed by atoms with E-state index in [9.17, 15) is 4.79 Å². The Morgan fingerprint density at radius 3 is 2.71 bits per heavy atom. The molecule has 0 aliphatic carbocycles. The summed E-state index contributed by atoms with van der Waals surface area (Å²) in [7, 11) is 2.11. The van der Waals surface area contributed by atoms with Crippen molar-refractivity contribution in [2.75, 3.05) is 43.9 Å². The highest BCUT2D eigenvalue weighted by atomic mass is 32.1. The zero-order valence-corrected chi connectivity index (χ0v) is 13.9. The second kappa shape index (κ2) is 7.09. The first-order valence-corrected chi connectivity index (χ1v) is 8.33. The molecule has 2 rings (SSSR count). The summed E-state index contributed by atoms with van der Waals surface area (Å²) in [6.45, 7) is 7.99. The van der Waals surface area contributed by atoms with E-state index in [1.54, 1.807) is 0 Å². The molecule has 0 aromatic carbocycles. The summed E-state index contributed by atoms with van der Waals surface area (Å²) in [4.78, 5) is 21.6. The van der Waals surface area contributed by atoms with E-state index in [1.165, 1.54) is 11.3 Å². The second-order valence-corrected chi connectivity index (χ2v) is 6.64. The van der Waals surface area contributed by atoms with Crippen LogP contribution < -0.4 is 16.0 Å². The van der Waals surface area contributed by atoms with E-state index in [0.717, 1.165) is 44.2 Å². The number of anilines is 2. The first-order chi connectivity index (χ1) is 10.0. The molecule has 1 amide bonds. The fourth-order valence-electron chi connectivity index (χ4n) is 2.41. The maximum atomic E-state index is 12.3. The van der Waals surface area contributed by atoms with E-state index in [2.05, 4.69) is 34.1 Å². The van der Waals surface area contributed by atoms with Crippen LogP contribution in [0.2, 0.25) is 0 Å². The summed E-state index contributed by atoms with van der Waals surface area (Å²) >= 11 is 1.39. The van der Waals surface area contributed by atoms with Crippen LogP contribution in [0.15, 0.2) is 0 Å². The predicted molar refractivity (Wildman–Crippen MR) is 88.1 cm³/mol. The van der Waals surface area contributed by atoms with Gasteiger partial charge in [0.15, 0.2) is 5.13 Å². The van der Waals surface area contributed by atoms with Gasteiger partial charge in [-0.1, -0.05) is 24.7 Å². The van der Waals surface area contributed by atoms with Gasteiger partial charge in [0.05, 0.1) is 0 Å². The molecule has 1 aromatic heterocycles. The van der Waals surface area contributed by atoms with Crippen molar-refractivity contribution in [1.29, 1.82) is 0 Å². The van der Waals surface area contributed by atoms with E-state index in [4.69, 9.17) is 5.73 Å². The monoisotopic (exact) mass is 311 g/mol. The van der Waals surface area contributed by atoms with Crippen molar-refractivity contribution >= 4 is 28.2 Å². The Hall–Kier alpha value is -1.34. The molecule has 0 spiro atoms. The summed E-state index contributed by atoms with van der Waals surface area (Å²) in [5, 5.41) is 3.84. The maximum absolute atomic E-state index is 12.3. The van der Waals surface area contributed by atoms with Crippen molar-refractivity contribution in [3.8, 4) is 0 Å². The maximum Gasteiger partial charge on any atom is 0.265 e. The molecule has 0 radical (unpaired) electrons. The number of thiazole rings is 1. The number of aromatic nitrogens is 1. The second-order valence-electron chi connectivity index (χ2n) is 5.66. The number of likely N-dealkylation sites (N-methyl/N-ethyl adjacent to an activating group) is 1. The van der Waals surface area contributed by atoms with Crippen LogP contribution in [0.4, 0.5) is 10.9 Å². The van der Waals surface area contributed by atoms with Gasteiger partial charge in [-0.05, 0) is 20.4 Å². The van der Waals surface area contributed by atoms with Crippen molar-refractivity contribution in [1.82, 2.24) is 15.2 Å². The van der Waals surface area contributed by atoms with Gasteiger partial charge >= 0.3 is 0 Å². The fourth-order valence-corrected chi connectivity index (χ4v) is 3.35. The molecule has 1 aromatic rings. The number of amides is 1. The highest BCUT2D eigenvalue weighted by molar-refractivity contribution is 7.18. The molecule has 7 heteroatoms. The van der Waals surface area contributed by atoms with Gasteiger partial charge in [-0.2, -0.15) is 0 Å². The number of piperazine rings is 1. The lowest BCUT2D eigenvalue weighted by Gasteiger charge is -2.31. The number of nitrogens with one attached hydrogen (secondary N) is 1. The van der Waals surface area contributed by atoms with Gasteiger partial charge in [-0.25, -0.2) is 4.98 Å². The largest absolute Gasteiger partial charge is 0.382 e. The molecular weight excluding hydrogens is 286 g/mol. The highest BCUT2D eigenvalue weighted by Gasteiger charge is 2.22. The van der Waals surface area contributed by atoms with E-state index in [-0.39, 0.29) is 11.9 Å². The van der Waals surface area contributed by atoms with Gasteiger partial charge in [0.2, 0.25) is 0 Å². The van der Waals surface area contributed by atoms with Crippen molar-refractivity contribution in [2.24, 2.45) is 0 Å². The average Bonchev–Trinajstić information content (AvgIpc) is 2.82.